The van der Waals surface area contributed by atoms with Crippen LogP contribution in [0.1, 0.15) is 53.4 Å². The Balaban J connectivity index is 0. The summed E-state index contributed by atoms with van der Waals surface area (Å²) < 4.78 is -0.537. The van der Waals surface area contributed by atoms with Gasteiger partial charge in [0.25, 0.3) is 0 Å². The maximum absolute atomic E-state index is 12.5. The van der Waals surface area contributed by atoms with Crippen LogP contribution in [0.5, 0.6) is 0 Å². The van der Waals surface area contributed by atoms with Crippen molar-refractivity contribution in [2.75, 3.05) is 0 Å². The maximum atomic E-state index is 12.5. The van der Waals surface area contributed by atoms with Crippen LogP contribution in [0.15, 0.2) is 0 Å². The summed E-state index contributed by atoms with van der Waals surface area (Å²) in [5, 5.41) is -0.292. The molecule has 0 aromatic heterocycles. The van der Waals surface area contributed by atoms with Crippen molar-refractivity contribution in [3.05, 3.63) is 0 Å². The smallest absolute Gasteiger partial charge is 0.410 e. The largest absolute Gasteiger partial charge is 2.00 e. The summed E-state index contributed by atoms with van der Waals surface area (Å²) in [6.07, 6.45) is 1.19. The Morgan fingerprint density at radius 2 is 0.675 bits per heavy atom. The van der Waals surface area contributed by atoms with E-state index in [9.17, 15) is 19.2 Å². The molecule has 0 unspecified atom stereocenters. The van der Waals surface area contributed by atoms with E-state index >= 15 is 0 Å². The fourth-order valence-corrected chi connectivity index (χ4v) is 6.45. The minimum Gasteiger partial charge on any atom is -0.410 e. The monoisotopic (exact) mass is 810 g/mol. The van der Waals surface area contributed by atoms with Crippen molar-refractivity contribution < 1.29 is 53.3 Å². The fourth-order valence-electron chi connectivity index (χ4n) is 3.94. The van der Waals surface area contributed by atoms with Gasteiger partial charge in [0.2, 0.25) is 23.6 Å². The molecule has 2 saturated heterocycles. The van der Waals surface area contributed by atoms with Gasteiger partial charge in [-0.2, -0.15) is 0 Å². The Bertz CT molecular complexity index is 996. The van der Waals surface area contributed by atoms with Gasteiger partial charge in [-0.3, -0.25) is 38.8 Å². The third-order valence-corrected chi connectivity index (χ3v) is 8.55. The average molecular weight is 811 g/mol. The molecule has 0 aromatic carbocycles. The molecule has 0 aliphatic carbocycles. The van der Waals surface area contributed by atoms with Crippen LogP contribution in [0, 0.1) is 10.8 Å². The van der Waals surface area contributed by atoms with E-state index in [2.05, 4.69) is 0 Å². The van der Waals surface area contributed by atoms with Gasteiger partial charge in [-0.25, -0.2) is 0 Å². The zero-order valence-electron chi connectivity index (χ0n) is 21.1. The molecule has 0 aromatic rings. The number of carbonyl (C=O) groups excluding carboxylic acids is 4. The molecule has 218 valence electrons. The number of carbonyl (C=O) groups is 4. The summed E-state index contributed by atoms with van der Waals surface area (Å²) in [4.78, 5) is 54.0. The molecule has 2 radical (unpaired) electrons. The van der Waals surface area contributed by atoms with Crippen LogP contribution in [0.3, 0.4) is 0 Å². The molecule has 0 spiro atoms. The first kappa shape index (κ1) is 42.5. The van der Waals surface area contributed by atoms with Gasteiger partial charge in [0.15, 0.2) is 10.2 Å². The van der Waals surface area contributed by atoms with Crippen LogP contribution < -0.4 is 0 Å². The molecule has 0 atom stereocenters. The second kappa shape index (κ2) is 17.0. The molecule has 40 heavy (non-hydrogen) atoms. The van der Waals surface area contributed by atoms with Crippen LogP contribution in [0.25, 0.3) is 0 Å². The summed E-state index contributed by atoms with van der Waals surface area (Å²) in [7, 11) is 0. The van der Waals surface area contributed by atoms with E-state index in [1.54, 1.807) is 27.7 Å². The average Bonchev–Trinajstić information content (AvgIpc) is 2.80. The molecule has 2 heterocycles. The standard InChI is InChI=1S/2C10H12N2O2S5.2Mn/c2*1-3-10(4-2)5(13)11(8(16)17)7(15)12(6(10)14)9(18)19;;/h2*3-4H2,1-2H3,(H,16,17)(H,18,19);;/q;;2*+2/p-4. The number of hydrogen-bond acceptors (Lipinski definition) is 14. The van der Waals surface area contributed by atoms with Crippen molar-refractivity contribution in [2.45, 2.75) is 53.4 Å². The Labute approximate surface area is 308 Å². The molecule has 0 N–H and O–H groups in total. The van der Waals surface area contributed by atoms with Crippen molar-refractivity contribution in [3.63, 3.8) is 0 Å². The summed E-state index contributed by atoms with van der Waals surface area (Å²) in [6.45, 7) is 6.96. The van der Waals surface area contributed by atoms with Crippen LogP contribution >= 0.6 is 73.3 Å². The second-order valence-electron chi connectivity index (χ2n) is 7.77. The van der Waals surface area contributed by atoms with Crippen LogP contribution in [-0.4, -0.2) is 70.7 Å². The third-order valence-electron chi connectivity index (χ3n) is 6.36. The molecule has 2 aliphatic rings. The molecule has 2 rings (SSSR count). The van der Waals surface area contributed by atoms with E-state index < -0.39 is 34.5 Å². The van der Waals surface area contributed by atoms with E-state index in [0.29, 0.717) is 25.7 Å². The molecule has 2 aliphatic heterocycles. The molecule has 2 fully saturated rings. The first-order chi connectivity index (χ1) is 17.5. The van der Waals surface area contributed by atoms with Gasteiger partial charge in [-0.05, 0) is 67.4 Å². The van der Waals surface area contributed by atoms with Crippen molar-refractivity contribution in [1.29, 1.82) is 0 Å². The molecule has 0 saturated carbocycles. The van der Waals surface area contributed by atoms with Crippen molar-refractivity contribution in [1.82, 2.24) is 19.6 Å². The Morgan fingerprint density at radius 3 is 0.775 bits per heavy atom. The molecular formula is C20H20Mn2N4O4S10. The van der Waals surface area contributed by atoms with E-state index in [1.165, 1.54) is 0 Å². The molecule has 0 bridgehead atoms. The fraction of sp³-hybridized carbons (Fsp3) is 0.500. The SMILES string of the molecule is CCC1(CC)C(=O)N(C(=S)[S-])C(=S)N(C(=S)[S-])C1=O.CCC1(CC)C(=O)N(C(=S)[S-])C(=S)N(C(=S)[S-])C1=O.[Mn+2].[Mn+2]. The normalized spacial score (nSPS) is 17.8. The predicted octanol–water partition coefficient (Wildman–Crippen LogP) is 2.82. The number of thiocarbonyl (C=S) groups is 6. The molecule has 20 heteroatoms. The van der Waals surface area contributed by atoms with Gasteiger partial charge >= 0.3 is 34.1 Å². The van der Waals surface area contributed by atoms with Gasteiger partial charge in [-0.1, -0.05) is 27.7 Å². The molecule has 4 amide bonds. The van der Waals surface area contributed by atoms with Gasteiger partial charge in [0, 0.05) is 0 Å². The van der Waals surface area contributed by atoms with Gasteiger partial charge in [-0.15, -0.1) is 0 Å². The van der Waals surface area contributed by atoms with Crippen LogP contribution in [0.2, 0.25) is 0 Å². The quantitative estimate of drug-likeness (QED) is 0.181. The van der Waals surface area contributed by atoms with Gasteiger partial charge < -0.3 is 99.4 Å². The zero-order chi connectivity index (χ0) is 29.9. The van der Waals surface area contributed by atoms with Gasteiger partial charge in [0.1, 0.15) is 10.8 Å². The first-order valence-electron chi connectivity index (χ1n) is 10.8. The van der Waals surface area contributed by atoms with Gasteiger partial charge in [0.05, 0.1) is 0 Å². The number of nitrogens with zero attached hydrogens (tertiary/aromatic N) is 4. The first-order valence-corrected chi connectivity index (χ1v) is 14.9. The minimum atomic E-state index is -1.26. The second-order valence-corrected chi connectivity index (χ2v) is 12.6. The number of amides is 4. The summed E-state index contributed by atoms with van der Waals surface area (Å²) >= 11 is 49.0. The van der Waals surface area contributed by atoms with E-state index in [4.69, 9.17) is 124 Å². The topological polar surface area (TPSA) is 81.2 Å². The Morgan fingerprint density at radius 1 is 0.525 bits per heavy atom. The summed E-state index contributed by atoms with van der Waals surface area (Å²) in [6, 6.07) is 0. The van der Waals surface area contributed by atoms with Crippen molar-refractivity contribution >= 4 is 175 Å². The molecular weight excluding hydrogens is 791 g/mol. The van der Waals surface area contributed by atoms with Crippen molar-refractivity contribution in [3.8, 4) is 0 Å². The van der Waals surface area contributed by atoms with Crippen LogP contribution in [-0.2, 0) is 104 Å². The zero-order valence-corrected chi connectivity index (χ0v) is 31.6. The predicted molar refractivity (Wildman–Crippen MR) is 178 cm³/mol. The van der Waals surface area contributed by atoms with Crippen molar-refractivity contribution in [2.24, 2.45) is 10.8 Å². The summed E-state index contributed by atoms with van der Waals surface area (Å²) in [5.74, 6) is -1.96. The van der Waals surface area contributed by atoms with E-state index in [-0.39, 0.29) is 61.6 Å². The number of rotatable bonds is 4. The molecule has 8 nitrogen and oxygen atoms in total. The Hall–Kier alpha value is 0.339. The Kier molecular flexibility index (Phi) is 18.0. The van der Waals surface area contributed by atoms with E-state index in [0.717, 1.165) is 19.6 Å². The van der Waals surface area contributed by atoms with Crippen LogP contribution in [0.4, 0.5) is 0 Å². The summed E-state index contributed by atoms with van der Waals surface area (Å²) in [5.41, 5.74) is -2.51. The third kappa shape index (κ3) is 7.51. The maximum Gasteiger partial charge on any atom is 2.00 e. The number of hydrogen-bond donors (Lipinski definition) is 0. The van der Waals surface area contributed by atoms with E-state index in [1.807, 2.05) is 0 Å². The minimum absolute atomic E-state index is 0.